The molecule has 1 aromatic carbocycles. The predicted octanol–water partition coefficient (Wildman–Crippen LogP) is 2.91. The van der Waals surface area contributed by atoms with Crippen molar-refractivity contribution in [2.75, 3.05) is 0 Å². The minimum Gasteiger partial charge on any atom is -0.447 e. The summed E-state index contributed by atoms with van der Waals surface area (Å²) in [4.78, 5) is 24.5. The number of rotatable bonds is 6. The van der Waals surface area contributed by atoms with Gasteiger partial charge in [-0.05, 0) is 31.6 Å². The van der Waals surface area contributed by atoms with Crippen LogP contribution in [0.3, 0.4) is 0 Å². The molecule has 0 unspecified atom stereocenters. The zero-order chi connectivity index (χ0) is 15.4. The normalized spacial score (nSPS) is 21.4. The molecule has 0 radical (unpaired) electrons. The van der Waals surface area contributed by atoms with Crippen molar-refractivity contribution in [2.24, 2.45) is 5.92 Å². The van der Waals surface area contributed by atoms with Gasteiger partial charge in [-0.2, -0.15) is 0 Å². The van der Waals surface area contributed by atoms with Gasteiger partial charge in [0.15, 0.2) is 0 Å². The molecule has 116 valence electrons. The molecule has 2 aliphatic rings. The lowest BCUT2D eigenvalue weighted by molar-refractivity contribution is -0.157. The van der Waals surface area contributed by atoms with E-state index in [9.17, 15) is 9.59 Å². The summed E-state index contributed by atoms with van der Waals surface area (Å²) in [5.41, 5.74) is 0.718. The first-order valence-electron chi connectivity index (χ1n) is 7.94. The molecule has 0 saturated heterocycles. The molecular weight excluding hydrogens is 278 g/mol. The van der Waals surface area contributed by atoms with E-state index in [1.165, 1.54) is 0 Å². The molecule has 0 aliphatic heterocycles. The lowest BCUT2D eigenvalue weighted by Crippen LogP contribution is -2.33. The number of benzene rings is 1. The predicted molar refractivity (Wildman–Crippen MR) is 82.9 cm³/mol. The van der Waals surface area contributed by atoms with Crippen LogP contribution >= 0.6 is 0 Å². The van der Waals surface area contributed by atoms with E-state index in [1.54, 1.807) is 0 Å². The summed E-state index contributed by atoms with van der Waals surface area (Å²) in [6.45, 7) is 0. The van der Waals surface area contributed by atoms with Crippen molar-refractivity contribution in [1.29, 1.82) is 0 Å². The van der Waals surface area contributed by atoms with E-state index in [0.717, 1.165) is 31.2 Å². The second-order valence-electron chi connectivity index (χ2n) is 6.03. The van der Waals surface area contributed by atoms with E-state index in [0.29, 0.717) is 6.42 Å². The van der Waals surface area contributed by atoms with Crippen molar-refractivity contribution in [3.63, 3.8) is 0 Å². The summed E-state index contributed by atoms with van der Waals surface area (Å²) in [6, 6.07) is 9.46. The number of allylic oxidation sites excluding steroid dienone is 2. The molecule has 1 aromatic rings. The van der Waals surface area contributed by atoms with Crippen LogP contribution in [0.4, 0.5) is 0 Å². The van der Waals surface area contributed by atoms with Crippen molar-refractivity contribution in [3.05, 3.63) is 48.0 Å². The van der Waals surface area contributed by atoms with Crippen molar-refractivity contribution >= 4 is 11.9 Å². The van der Waals surface area contributed by atoms with Crippen LogP contribution in [0.2, 0.25) is 0 Å². The van der Waals surface area contributed by atoms with Crippen molar-refractivity contribution in [2.45, 2.75) is 44.2 Å². The molecule has 22 heavy (non-hydrogen) atoms. The van der Waals surface area contributed by atoms with Crippen LogP contribution in [-0.4, -0.2) is 17.9 Å². The Bertz CT molecular complexity index is 563. The number of carbonyl (C=O) groups is 2. The van der Waals surface area contributed by atoms with Crippen LogP contribution < -0.4 is 5.32 Å². The average Bonchev–Trinajstić information content (AvgIpc) is 3.19. The van der Waals surface area contributed by atoms with Crippen LogP contribution in [0, 0.1) is 5.92 Å². The summed E-state index contributed by atoms with van der Waals surface area (Å²) in [7, 11) is 0. The third-order valence-corrected chi connectivity index (χ3v) is 4.05. The number of hydrogen-bond acceptors (Lipinski definition) is 3. The molecule has 0 heterocycles. The molecule has 2 atom stereocenters. The number of hydrogen-bond donors (Lipinski definition) is 1. The Morgan fingerprint density at radius 2 is 1.95 bits per heavy atom. The Kier molecular flexibility index (Phi) is 4.56. The summed E-state index contributed by atoms with van der Waals surface area (Å²) in [6.07, 6.45) is 7.66. The van der Waals surface area contributed by atoms with E-state index in [-0.39, 0.29) is 23.8 Å². The summed E-state index contributed by atoms with van der Waals surface area (Å²) in [5.74, 6) is -0.282. The van der Waals surface area contributed by atoms with Crippen molar-refractivity contribution in [1.82, 2.24) is 5.32 Å². The molecular formula is C18H21NO3. The second-order valence-corrected chi connectivity index (χ2v) is 6.03. The van der Waals surface area contributed by atoms with E-state index in [1.807, 2.05) is 30.3 Å². The van der Waals surface area contributed by atoms with E-state index >= 15 is 0 Å². The lowest BCUT2D eigenvalue weighted by Gasteiger charge is -2.18. The first-order valence-corrected chi connectivity index (χ1v) is 7.94. The van der Waals surface area contributed by atoms with Gasteiger partial charge in [0.1, 0.15) is 0 Å². The van der Waals surface area contributed by atoms with Crippen LogP contribution in [0.15, 0.2) is 42.5 Å². The van der Waals surface area contributed by atoms with Crippen molar-refractivity contribution in [3.8, 4) is 0 Å². The van der Waals surface area contributed by atoms with Crippen LogP contribution in [0.5, 0.6) is 0 Å². The van der Waals surface area contributed by atoms with Gasteiger partial charge in [-0.1, -0.05) is 42.5 Å². The molecule has 1 amide bonds. The average molecular weight is 299 g/mol. The fraction of sp³-hybridized carbons (Fsp3) is 0.444. The van der Waals surface area contributed by atoms with Gasteiger partial charge >= 0.3 is 5.97 Å². The minimum absolute atomic E-state index is 0.219. The summed E-state index contributed by atoms with van der Waals surface area (Å²) < 4.78 is 5.50. The van der Waals surface area contributed by atoms with E-state index in [2.05, 4.69) is 17.5 Å². The first kappa shape index (κ1) is 14.8. The van der Waals surface area contributed by atoms with Gasteiger partial charge < -0.3 is 10.1 Å². The maximum atomic E-state index is 12.4. The summed E-state index contributed by atoms with van der Waals surface area (Å²) in [5, 5.41) is 2.92. The number of nitrogens with one attached hydrogen (secondary N) is 1. The molecule has 0 bridgehead atoms. The molecule has 4 nitrogen and oxygen atoms in total. The Labute approximate surface area is 130 Å². The fourth-order valence-electron chi connectivity index (χ4n) is 2.66. The summed E-state index contributed by atoms with van der Waals surface area (Å²) >= 11 is 0. The Hall–Kier alpha value is -2.10. The lowest BCUT2D eigenvalue weighted by atomic mass is 10.1. The first-order chi connectivity index (χ1) is 10.7. The number of esters is 1. The van der Waals surface area contributed by atoms with Crippen molar-refractivity contribution < 1.29 is 14.3 Å². The fourth-order valence-corrected chi connectivity index (χ4v) is 2.66. The number of amides is 1. The smallest absolute Gasteiger partial charge is 0.307 e. The molecule has 2 aliphatic carbocycles. The van der Waals surface area contributed by atoms with Gasteiger partial charge in [0, 0.05) is 11.6 Å². The SMILES string of the molecule is O=C(C[C@@H]1C=CCC1)O[C@@H](C(=O)NC1CC1)c1ccccc1. The number of ether oxygens (including phenoxy) is 1. The van der Waals surface area contributed by atoms with Gasteiger partial charge in [-0.3, -0.25) is 9.59 Å². The highest BCUT2D eigenvalue weighted by Crippen LogP contribution is 2.25. The van der Waals surface area contributed by atoms with Crippen LogP contribution in [0.1, 0.15) is 43.8 Å². The highest BCUT2D eigenvalue weighted by atomic mass is 16.5. The minimum atomic E-state index is -0.848. The molecule has 3 rings (SSSR count). The molecule has 1 N–H and O–H groups in total. The van der Waals surface area contributed by atoms with E-state index < -0.39 is 6.10 Å². The van der Waals surface area contributed by atoms with Crippen LogP contribution in [0.25, 0.3) is 0 Å². The molecule has 1 fully saturated rings. The highest BCUT2D eigenvalue weighted by Gasteiger charge is 2.31. The van der Waals surface area contributed by atoms with Gasteiger partial charge in [0.2, 0.25) is 6.10 Å². The zero-order valence-electron chi connectivity index (χ0n) is 12.5. The molecule has 0 spiro atoms. The third kappa shape index (κ3) is 3.97. The van der Waals surface area contributed by atoms with Gasteiger partial charge in [-0.25, -0.2) is 0 Å². The molecule has 0 aromatic heterocycles. The van der Waals surface area contributed by atoms with Gasteiger partial charge in [0.05, 0.1) is 6.42 Å². The molecule has 1 saturated carbocycles. The Balaban J connectivity index is 1.65. The maximum absolute atomic E-state index is 12.4. The van der Waals surface area contributed by atoms with E-state index in [4.69, 9.17) is 4.74 Å². The largest absolute Gasteiger partial charge is 0.447 e. The zero-order valence-corrected chi connectivity index (χ0v) is 12.5. The topological polar surface area (TPSA) is 55.4 Å². The monoisotopic (exact) mass is 299 g/mol. The highest BCUT2D eigenvalue weighted by molar-refractivity contribution is 5.85. The van der Waals surface area contributed by atoms with Crippen LogP contribution in [-0.2, 0) is 14.3 Å². The van der Waals surface area contributed by atoms with Gasteiger partial charge in [0.25, 0.3) is 5.91 Å². The maximum Gasteiger partial charge on any atom is 0.307 e. The molecule has 4 heteroatoms. The standard InChI is InChI=1S/C18H21NO3/c20-16(12-13-6-4-5-7-13)22-17(14-8-2-1-3-9-14)18(21)19-15-10-11-15/h1-4,6,8-9,13,15,17H,5,7,10-12H2,(H,19,21)/t13-,17-/m1/s1. The third-order valence-electron chi connectivity index (χ3n) is 4.05. The Morgan fingerprint density at radius 1 is 1.18 bits per heavy atom. The quantitative estimate of drug-likeness (QED) is 0.649. The second kappa shape index (κ2) is 6.77. The van der Waals surface area contributed by atoms with Gasteiger partial charge in [-0.15, -0.1) is 0 Å². The Morgan fingerprint density at radius 3 is 2.59 bits per heavy atom. The number of carbonyl (C=O) groups excluding carboxylic acids is 2.